The number of rotatable bonds is 4. The van der Waals surface area contributed by atoms with Gasteiger partial charge in [-0.1, -0.05) is 0 Å². The molecular weight excluding hydrogens is 290 g/mol. The van der Waals surface area contributed by atoms with Crippen LogP contribution in [-0.4, -0.2) is 53.5 Å². The fourth-order valence-electron chi connectivity index (χ4n) is 3.61. The van der Waals surface area contributed by atoms with Gasteiger partial charge in [-0.2, -0.15) is 9.61 Å². The largest absolute Gasteiger partial charge is 0.374 e. The SMILES string of the molecule is c1cc2nc3c(c(N4CC(OCC5CC5)C4)n2n1)CCNCC3. The summed E-state index contributed by atoms with van der Waals surface area (Å²) in [5.41, 5.74) is 3.56. The fraction of sp³-hybridized carbons (Fsp3) is 0.647. The second kappa shape index (κ2) is 5.46. The first-order chi connectivity index (χ1) is 11.4. The van der Waals surface area contributed by atoms with Gasteiger partial charge in [0.25, 0.3) is 0 Å². The smallest absolute Gasteiger partial charge is 0.157 e. The number of hydrogen-bond donors (Lipinski definition) is 1. The molecule has 0 aromatic carbocycles. The molecule has 1 saturated heterocycles. The number of hydrogen-bond acceptors (Lipinski definition) is 5. The molecule has 2 aromatic rings. The van der Waals surface area contributed by atoms with Crippen molar-refractivity contribution in [3.8, 4) is 0 Å². The molecule has 0 bridgehead atoms. The monoisotopic (exact) mass is 313 g/mol. The van der Waals surface area contributed by atoms with E-state index >= 15 is 0 Å². The summed E-state index contributed by atoms with van der Waals surface area (Å²) in [4.78, 5) is 7.25. The highest BCUT2D eigenvalue weighted by Crippen LogP contribution is 2.32. The van der Waals surface area contributed by atoms with E-state index in [1.807, 2.05) is 16.8 Å². The lowest BCUT2D eigenvalue weighted by Crippen LogP contribution is -2.53. The molecule has 5 rings (SSSR count). The van der Waals surface area contributed by atoms with Crippen molar-refractivity contribution in [2.45, 2.75) is 31.8 Å². The Kier molecular flexibility index (Phi) is 3.26. The maximum Gasteiger partial charge on any atom is 0.157 e. The standard InChI is InChI=1S/C17H23N5O/c1-2-12(1)11-23-13-9-21(10-13)17-14-3-6-18-7-4-15(14)20-16-5-8-19-22(16)17/h5,8,12-13,18H,1-4,6-7,9-11H2. The van der Waals surface area contributed by atoms with Crippen LogP contribution in [0.4, 0.5) is 5.82 Å². The highest BCUT2D eigenvalue weighted by molar-refractivity contribution is 5.59. The molecule has 0 spiro atoms. The third kappa shape index (κ3) is 2.50. The molecule has 1 N–H and O–H groups in total. The number of anilines is 1. The Labute approximate surface area is 135 Å². The zero-order chi connectivity index (χ0) is 15.2. The van der Waals surface area contributed by atoms with E-state index in [4.69, 9.17) is 9.72 Å². The van der Waals surface area contributed by atoms with Crippen molar-refractivity contribution in [2.24, 2.45) is 5.92 Å². The van der Waals surface area contributed by atoms with Crippen molar-refractivity contribution < 1.29 is 4.74 Å². The van der Waals surface area contributed by atoms with Crippen LogP contribution in [0.25, 0.3) is 5.65 Å². The summed E-state index contributed by atoms with van der Waals surface area (Å²) >= 11 is 0. The second-order valence-corrected chi connectivity index (χ2v) is 7.02. The predicted octanol–water partition coefficient (Wildman–Crippen LogP) is 1.03. The van der Waals surface area contributed by atoms with Gasteiger partial charge in [0.15, 0.2) is 5.65 Å². The summed E-state index contributed by atoms with van der Waals surface area (Å²) in [6.45, 7) is 4.94. The van der Waals surface area contributed by atoms with Crippen LogP contribution < -0.4 is 10.2 Å². The van der Waals surface area contributed by atoms with Gasteiger partial charge < -0.3 is 15.0 Å². The van der Waals surface area contributed by atoms with E-state index in [-0.39, 0.29) is 0 Å². The molecule has 0 radical (unpaired) electrons. The Bertz CT molecular complexity index is 717. The van der Waals surface area contributed by atoms with E-state index in [0.717, 1.165) is 57.2 Å². The van der Waals surface area contributed by atoms with Crippen LogP contribution in [0.2, 0.25) is 0 Å². The maximum absolute atomic E-state index is 6.02. The number of fused-ring (bicyclic) bond motifs is 2. The lowest BCUT2D eigenvalue weighted by Gasteiger charge is -2.41. The van der Waals surface area contributed by atoms with Crippen LogP contribution in [-0.2, 0) is 17.6 Å². The van der Waals surface area contributed by atoms with E-state index in [0.29, 0.717) is 6.10 Å². The van der Waals surface area contributed by atoms with E-state index in [1.54, 1.807) is 0 Å². The number of aromatic nitrogens is 3. The molecule has 2 aliphatic heterocycles. The maximum atomic E-state index is 6.02. The fourth-order valence-corrected chi connectivity index (χ4v) is 3.61. The van der Waals surface area contributed by atoms with Crippen LogP contribution >= 0.6 is 0 Å². The van der Waals surface area contributed by atoms with Gasteiger partial charge in [0.05, 0.1) is 18.0 Å². The molecule has 4 heterocycles. The van der Waals surface area contributed by atoms with Crippen molar-refractivity contribution in [2.75, 3.05) is 37.7 Å². The highest BCUT2D eigenvalue weighted by atomic mass is 16.5. The molecule has 1 aliphatic carbocycles. The molecule has 0 atom stereocenters. The van der Waals surface area contributed by atoms with Gasteiger partial charge in [0.1, 0.15) is 5.82 Å². The van der Waals surface area contributed by atoms with Crippen LogP contribution in [0.3, 0.4) is 0 Å². The quantitative estimate of drug-likeness (QED) is 0.914. The van der Waals surface area contributed by atoms with E-state index < -0.39 is 0 Å². The zero-order valence-corrected chi connectivity index (χ0v) is 13.4. The zero-order valence-electron chi connectivity index (χ0n) is 13.4. The second-order valence-electron chi connectivity index (χ2n) is 7.02. The Morgan fingerprint density at radius 2 is 2.09 bits per heavy atom. The lowest BCUT2D eigenvalue weighted by atomic mass is 10.1. The van der Waals surface area contributed by atoms with Gasteiger partial charge in [0.2, 0.25) is 0 Å². The Morgan fingerprint density at radius 1 is 1.22 bits per heavy atom. The van der Waals surface area contributed by atoms with Crippen molar-refractivity contribution >= 4 is 11.5 Å². The van der Waals surface area contributed by atoms with Gasteiger partial charge in [0, 0.05) is 44.3 Å². The lowest BCUT2D eigenvalue weighted by molar-refractivity contribution is 0.0273. The molecule has 6 heteroatoms. The topological polar surface area (TPSA) is 54.7 Å². The average molecular weight is 313 g/mol. The predicted molar refractivity (Wildman–Crippen MR) is 87.9 cm³/mol. The minimum absolute atomic E-state index is 0.383. The Morgan fingerprint density at radius 3 is 2.96 bits per heavy atom. The first-order valence-electron chi connectivity index (χ1n) is 8.81. The van der Waals surface area contributed by atoms with E-state index in [1.165, 1.54) is 29.9 Å². The summed E-state index contributed by atoms with van der Waals surface area (Å²) in [6.07, 6.45) is 6.97. The minimum Gasteiger partial charge on any atom is -0.374 e. The van der Waals surface area contributed by atoms with Gasteiger partial charge >= 0.3 is 0 Å². The molecule has 23 heavy (non-hydrogen) atoms. The van der Waals surface area contributed by atoms with Crippen molar-refractivity contribution in [1.29, 1.82) is 0 Å². The normalized spacial score (nSPS) is 22.0. The summed E-state index contributed by atoms with van der Waals surface area (Å²) < 4.78 is 8.03. The molecule has 3 aliphatic rings. The third-order valence-electron chi connectivity index (χ3n) is 5.19. The molecule has 0 amide bonds. The summed E-state index contributed by atoms with van der Waals surface area (Å²) in [6, 6.07) is 2.00. The van der Waals surface area contributed by atoms with Crippen molar-refractivity contribution in [3.05, 3.63) is 23.5 Å². The third-order valence-corrected chi connectivity index (χ3v) is 5.19. The molecule has 1 saturated carbocycles. The van der Waals surface area contributed by atoms with Gasteiger partial charge in [-0.25, -0.2) is 4.98 Å². The summed E-state index contributed by atoms with van der Waals surface area (Å²) in [5, 5.41) is 8.00. The first kappa shape index (κ1) is 13.7. The van der Waals surface area contributed by atoms with E-state index in [9.17, 15) is 0 Å². The molecular formula is C17H23N5O. The van der Waals surface area contributed by atoms with Crippen LogP contribution in [0.15, 0.2) is 12.3 Å². The molecule has 2 aromatic heterocycles. The first-order valence-corrected chi connectivity index (χ1v) is 8.81. The van der Waals surface area contributed by atoms with Gasteiger partial charge in [-0.3, -0.25) is 0 Å². The minimum atomic E-state index is 0.383. The molecule has 122 valence electrons. The number of ether oxygens (including phenoxy) is 1. The van der Waals surface area contributed by atoms with Crippen LogP contribution in [0, 0.1) is 5.92 Å². The Balaban J connectivity index is 1.43. The van der Waals surface area contributed by atoms with Gasteiger partial charge in [-0.05, 0) is 31.7 Å². The van der Waals surface area contributed by atoms with Gasteiger partial charge in [-0.15, -0.1) is 0 Å². The Hall–Kier alpha value is -1.66. The van der Waals surface area contributed by atoms with Crippen LogP contribution in [0.5, 0.6) is 0 Å². The average Bonchev–Trinajstić information content (AvgIpc) is 3.26. The summed E-state index contributed by atoms with van der Waals surface area (Å²) in [7, 11) is 0. The highest BCUT2D eigenvalue weighted by Gasteiger charge is 2.34. The number of nitrogens with one attached hydrogen (secondary N) is 1. The molecule has 2 fully saturated rings. The van der Waals surface area contributed by atoms with Crippen LogP contribution in [0.1, 0.15) is 24.1 Å². The van der Waals surface area contributed by atoms with E-state index in [2.05, 4.69) is 15.3 Å². The van der Waals surface area contributed by atoms with Crippen molar-refractivity contribution in [1.82, 2.24) is 19.9 Å². The molecule has 6 nitrogen and oxygen atoms in total. The summed E-state index contributed by atoms with van der Waals surface area (Å²) in [5.74, 6) is 2.08. The number of nitrogens with zero attached hydrogens (tertiary/aromatic N) is 4. The molecule has 0 unspecified atom stereocenters. The van der Waals surface area contributed by atoms with Crippen molar-refractivity contribution in [3.63, 3.8) is 0 Å².